The fourth-order valence-electron chi connectivity index (χ4n) is 2.76. The van der Waals surface area contributed by atoms with Crippen LogP contribution in [0, 0.1) is 5.92 Å². The van der Waals surface area contributed by atoms with Crippen molar-refractivity contribution in [2.75, 3.05) is 19.7 Å². The Bertz CT molecular complexity index is 257. The van der Waals surface area contributed by atoms with Gasteiger partial charge < -0.3 is 15.8 Å². The van der Waals surface area contributed by atoms with E-state index in [0.29, 0.717) is 18.9 Å². The van der Waals surface area contributed by atoms with E-state index in [1.54, 1.807) is 0 Å². The molecule has 2 unspecified atom stereocenters. The maximum absolute atomic E-state index is 11.9. The Kier molecular flexibility index (Phi) is 7.39. The Morgan fingerprint density at radius 1 is 1.42 bits per heavy atom. The number of carbonyl (C=O) groups excluding carboxylic acids is 1. The van der Waals surface area contributed by atoms with Crippen molar-refractivity contribution >= 4 is 5.91 Å². The minimum atomic E-state index is -0.143. The summed E-state index contributed by atoms with van der Waals surface area (Å²) in [6, 6.07) is 0. The quantitative estimate of drug-likeness (QED) is 0.675. The molecule has 4 heteroatoms. The van der Waals surface area contributed by atoms with E-state index in [9.17, 15) is 4.79 Å². The lowest BCUT2D eigenvalue weighted by atomic mass is 9.94. The van der Waals surface area contributed by atoms with E-state index in [-0.39, 0.29) is 11.5 Å². The number of nitrogens with two attached hydrogens (primary N) is 1. The highest BCUT2D eigenvalue weighted by atomic mass is 16.5. The lowest BCUT2D eigenvalue weighted by Gasteiger charge is -2.23. The summed E-state index contributed by atoms with van der Waals surface area (Å²) in [6.07, 6.45) is 7.07. The van der Waals surface area contributed by atoms with Crippen LogP contribution in [-0.2, 0) is 9.53 Å². The summed E-state index contributed by atoms with van der Waals surface area (Å²) < 4.78 is 5.66. The zero-order valence-electron chi connectivity index (χ0n) is 12.5. The minimum absolute atomic E-state index is 0.143. The largest absolute Gasteiger partial charge is 0.373 e. The number of hydrogen-bond acceptors (Lipinski definition) is 3. The molecule has 1 rings (SSSR count). The molecule has 0 aromatic rings. The number of nitrogens with one attached hydrogen (secondary N) is 1. The molecule has 2 atom stereocenters. The Hall–Kier alpha value is -0.610. The van der Waals surface area contributed by atoms with Crippen molar-refractivity contribution in [2.24, 2.45) is 11.7 Å². The first-order valence-electron chi connectivity index (χ1n) is 7.70. The summed E-state index contributed by atoms with van der Waals surface area (Å²) in [4.78, 5) is 11.9. The zero-order valence-corrected chi connectivity index (χ0v) is 12.5. The molecule has 4 nitrogen and oxygen atoms in total. The van der Waals surface area contributed by atoms with Gasteiger partial charge in [-0.2, -0.15) is 0 Å². The molecule has 3 N–H and O–H groups in total. The Balaban J connectivity index is 2.19. The van der Waals surface area contributed by atoms with E-state index < -0.39 is 0 Å². The molecule has 0 saturated carbocycles. The normalized spacial score (nSPS) is 24.4. The maximum atomic E-state index is 11.9. The molecule has 1 heterocycles. The van der Waals surface area contributed by atoms with Crippen molar-refractivity contribution in [3.63, 3.8) is 0 Å². The summed E-state index contributed by atoms with van der Waals surface area (Å²) >= 11 is 0. The Morgan fingerprint density at radius 3 is 2.79 bits per heavy atom. The van der Waals surface area contributed by atoms with E-state index in [4.69, 9.17) is 10.5 Å². The molecule has 0 aromatic heterocycles. The van der Waals surface area contributed by atoms with E-state index in [0.717, 1.165) is 45.3 Å². The van der Waals surface area contributed by atoms with Gasteiger partial charge in [0.1, 0.15) is 0 Å². The summed E-state index contributed by atoms with van der Waals surface area (Å²) in [5.41, 5.74) is 5.46. The highest BCUT2D eigenvalue weighted by molar-refractivity contribution is 5.75. The monoisotopic (exact) mass is 270 g/mol. The van der Waals surface area contributed by atoms with Crippen LogP contribution in [0.4, 0.5) is 0 Å². The second kappa shape index (κ2) is 8.54. The fourth-order valence-corrected chi connectivity index (χ4v) is 2.76. The van der Waals surface area contributed by atoms with Crippen LogP contribution in [0.2, 0.25) is 0 Å². The van der Waals surface area contributed by atoms with Crippen molar-refractivity contribution in [3.05, 3.63) is 0 Å². The van der Waals surface area contributed by atoms with Gasteiger partial charge in [-0.1, -0.05) is 19.8 Å². The molecule has 1 fully saturated rings. The molecule has 19 heavy (non-hydrogen) atoms. The van der Waals surface area contributed by atoms with E-state index in [1.807, 2.05) is 0 Å². The average molecular weight is 270 g/mol. The van der Waals surface area contributed by atoms with Gasteiger partial charge in [0, 0.05) is 19.6 Å². The van der Waals surface area contributed by atoms with E-state index >= 15 is 0 Å². The number of hydrogen-bond donors (Lipinski definition) is 2. The van der Waals surface area contributed by atoms with Crippen LogP contribution in [0.3, 0.4) is 0 Å². The van der Waals surface area contributed by atoms with Gasteiger partial charge in [0.25, 0.3) is 0 Å². The van der Waals surface area contributed by atoms with Crippen molar-refractivity contribution in [1.29, 1.82) is 0 Å². The number of amides is 1. The van der Waals surface area contributed by atoms with Crippen molar-refractivity contribution in [2.45, 2.75) is 64.4 Å². The average Bonchev–Trinajstić information content (AvgIpc) is 2.82. The van der Waals surface area contributed by atoms with Gasteiger partial charge in [-0.15, -0.1) is 0 Å². The first kappa shape index (κ1) is 16.4. The molecule has 1 saturated heterocycles. The minimum Gasteiger partial charge on any atom is -0.373 e. The van der Waals surface area contributed by atoms with Gasteiger partial charge in [-0.3, -0.25) is 4.79 Å². The van der Waals surface area contributed by atoms with Crippen molar-refractivity contribution in [3.8, 4) is 0 Å². The molecule has 0 aromatic carbocycles. The molecule has 112 valence electrons. The maximum Gasteiger partial charge on any atom is 0.220 e. The fraction of sp³-hybridized carbons (Fsp3) is 0.933. The van der Waals surface area contributed by atoms with Crippen LogP contribution < -0.4 is 11.1 Å². The predicted molar refractivity (Wildman–Crippen MR) is 77.9 cm³/mol. The molecule has 0 aliphatic carbocycles. The van der Waals surface area contributed by atoms with Gasteiger partial charge in [-0.05, 0) is 45.1 Å². The Morgan fingerprint density at radius 2 is 2.21 bits per heavy atom. The summed E-state index contributed by atoms with van der Waals surface area (Å²) in [7, 11) is 0. The first-order chi connectivity index (χ1) is 9.09. The summed E-state index contributed by atoms with van der Waals surface area (Å²) in [6.45, 7) is 6.44. The van der Waals surface area contributed by atoms with Gasteiger partial charge in [0.05, 0.1) is 5.60 Å². The zero-order chi connectivity index (χ0) is 14.1. The molecule has 1 amide bonds. The molecule has 0 radical (unpaired) electrons. The molecular formula is C15H30N2O2. The van der Waals surface area contributed by atoms with Gasteiger partial charge in [-0.25, -0.2) is 0 Å². The Labute approximate surface area is 117 Å². The van der Waals surface area contributed by atoms with Crippen molar-refractivity contribution < 1.29 is 9.53 Å². The second-order valence-electron chi connectivity index (χ2n) is 5.95. The van der Waals surface area contributed by atoms with Crippen LogP contribution in [0.25, 0.3) is 0 Å². The molecular weight excluding hydrogens is 240 g/mol. The number of carbonyl (C=O) groups is 1. The van der Waals surface area contributed by atoms with Crippen LogP contribution in [0.15, 0.2) is 0 Å². The topological polar surface area (TPSA) is 64.4 Å². The first-order valence-corrected chi connectivity index (χ1v) is 7.70. The summed E-state index contributed by atoms with van der Waals surface area (Å²) in [5, 5.41) is 3.01. The number of ether oxygens (including phenoxy) is 1. The van der Waals surface area contributed by atoms with Crippen molar-refractivity contribution in [1.82, 2.24) is 5.32 Å². The lowest BCUT2D eigenvalue weighted by molar-refractivity contribution is -0.122. The predicted octanol–water partition coefficient (Wildman–Crippen LogP) is 2.22. The second-order valence-corrected chi connectivity index (χ2v) is 5.95. The molecule has 0 spiro atoms. The molecule has 1 aliphatic rings. The van der Waals surface area contributed by atoms with Crippen LogP contribution in [0.5, 0.6) is 0 Å². The van der Waals surface area contributed by atoms with Crippen LogP contribution in [-0.4, -0.2) is 31.2 Å². The van der Waals surface area contributed by atoms with Crippen LogP contribution in [0.1, 0.15) is 58.8 Å². The highest BCUT2D eigenvalue weighted by Gasteiger charge is 2.29. The van der Waals surface area contributed by atoms with Gasteiger partial charge >= 0.3 is 0 Å². The molecule has 0 bridgehead atoms. The highest BCUT2D eigenvalue weighted by Crippen LogP contribution is 2.24. The third-order valence-electron chi connectivity index (χ3n) is 4.01. The molecule has 1 aliphatic heterocycles. The smallest absolute Gasteiger partial charge is 0.220 e. The number of rotatable bonds is 9. The van der Waals surface area contributed by atoms with Gasteiger partial charge in [0.2, 0.25) is 5.91 Å². The van der Waals surface area contributed by atoms with E-state index in [1.165, 1.54) is 6.42 Å². The standard InChI is InChI=1S/C15H30N2O2/c1-3-5-13(8-10-16)6-7-14(18)17-12-15(2)9-4-11-19-15/h13H,3-12,16H2,1-2H3,(H,17,18). The summed E-state index contributed by atoms with van der Waals surface area (Å²) in [5.74, 6) is 0.744. The third kappa shape index (κ3) is 6.39. The van der Waals surface area contributed by atoms with E-state index in [2.05, 4.69) is 19.2 Å². The SMILES string of the molecule is CCCC(CCN)CCC(=O)NCC1(C)CCCO1. The third-order valence-corrected chi connectivity index (χ3v) is 4.01. The van der Waals surface area contributed by atoms with Crippen LogP contribution >= 0.6 is 0 Å². The van der Waals surface area contributed by atoms with Gasteiger partial charge in [0.15, 0.2) is 0 Å². The lowest BCUT2D eigenvalue weighted by Crippen LogP contribution is -2.40.